The molecule has 0 aliphatic heterocycles. The van der Waals surface area contributed by atoms with E-state index in [1.165, 1.54) is 12.3 Å². The molecule has 24 heavy (non-hydrogen) atoms. The lowest BCUT2D eigenvalue weighted by atomic mass is 10.2. The fourth-order valence-electron chi connectivity index (χ4n) is 2.22. The summed E-state index contributed by atoms with van der Waals surface area (Å²) in [6.45, 7) is 1.58. The van der Waals surface area contributed by atoms with Crippen LogP contribution in [0.15, 0.2) is 29.2 Å². The van der Waals surface area contributed by atoms with Crippen molar-refractivity contribution in [1.82, 2.24) is 14.0 Å². The Balaban J connectivity index is 0.000000647. The van der Waals surface area contributed by atoms with Crippen molar-refractivity contribution >= 4 is 17.4 Å². The van der Waals surface area contributed by atoms with Gasteiger partial charge >= 0.3 is 0 Å². The van der Waals surface area contributed by atoms with Crippen LogP contribution in [0.25, 0.3) is 11.5 Å². The van der Waals surface area contributed by atoms with Crippen molar-refractivity contribution in [3.63, 3.8) is 0 Å². The van der Waals surface area contributed by atoms with E-state index in [0.29, 0.717) is 11.3 Å². The van der Waals surface area contributed by atoms with E-state index in [-0.39, 0.29) is 16.5 Å². The second kappa shape index (κ2) is 7.04. The van der Waals surface area contributed by atoms with Gasteiger partial charge < -0.3 is 0 Å². The lowest BCUT2D eigenvalue weighted by molar-refractivity contribution is 0.295. The van der Waals surface area contributed by atoms with Gasteiger partial charge in [-0.25, -0.2) is 22.7 Å². The first kappa shape index (κ1) is 18.0. The molecule has 0 atom stereocenters. The first-order valence-corrected chi connectivity index (χ1v) is 7.03. The molecule has 128 valence electrons. The summed E-state index contributed by atoms with van der Waals surface area (Å²) >= 11 is 5.85. The molecule has 4 nitrogen and oxygen atoms in total. The van der Waals surface area contributed by atoms with Crippen molar-refractivity contribution in [2.75, 3.05) is 6.93 Å². The van der Waals surface area contributed by atoms with Gasteiger partial charge in [0.25, 0.3) is 5.56 Å². The number of fused-ring (bicyclic) bond motifs is 1. The highest BCUT2D eigenvalue weighted by atomic mass is 35.5. The third-order valence-corrected chi connectivity index (χ3v) is 3.67. The topological polar surface area (TPSA) is 39.3 Å². The monoisotopic (exact) mass is 361 g/mol. The van der Waals surface area contributed by atoms with Crippen LogP contribution in [0.5, 0.6) is 0 Å². The van der Waals surface area contributed by atoms with Crippen molar-refractivity contribution < 1.29 is 17.6 Å². The molecule has 0 radical (unpaired) electrons. The average Bonchev–Trinajstić information content (AvgIpc) is 2.87. The number of hydrogen-bond acceptors (Lipinski definition) is 2. The van der Waals surface area contributed by atoms with Gasteiger partial charge in [-0.15, -0.1) is 0 Å². The smallest absolute Gasteiger partial charge is 0.262 e. The molecule has 2 heterocycles. The lowest BCUT2D eigenvalue weighted by Crippen LogP contribution is -2.23. The number of hydrogen-bond donors (Lipinski definition) is 0. The molecular weight excluding hydrogens is 350 g/mol. The van der Waals surface area contributed by atoms with E-state index >= 15 is 0 Å². The molecule has 0 unspecified atom stereocenters. The van der Waals surface area contributed by atoms with Crippen LogP contribution in [0, 0.1) is 25.6 Å². The first-order chi connectivity index (χ1) is 11.3. The summed E-state index contributed by atoms with van der Waals surface area (Å²) in [7, 11) is 0. The predicted octanol–water partition coefficient (Wildman–Crippen LogP) is 3.92. The van der Waals surface area contributed by atoms with Crippen molar-refractivity contribution in [2.24, 2.45) is 0 Å². The van der Waals surface area contributed by atoms with Crippen molar-refractivity contribution in [2.45, 2.75) is 13.8 Å². The summed E-state index contributed by atoms with van der Waals surface area (Å²) in [4.78, 5) is 16.1. The van der Waals surface area contributed by atoms with Gasteiger partial charge in [-0.2, -0.15) is 4.39 Å². The van der Waals surface area contributed by atoms with Crippen LogP contribution in [0.2, 0.25) is 5.02 Å². The Morgan fingerprint density at radius 1 is 1.17 bits per heavy atom. The Morgan fingerprint density at radius 3 is 2.42 bits per heavy atom. The molecular formula is C15H12ClF4N3O. The van der Waals surface area contributed by atoms with Gasteiger partial charge in [0.15, 0.2) is 0 Å². The van der Waals surface area contributed by atoms with Gasteiger partial charge in [-0.05, 0) is 31.5 Å². The summed E-state index contributed by atoms with van der Waals surface area (Å²) in [5.74, 6) is -1.41. The lowest BCUT2D eigenvalue weighted by Gasteiger charge is -2.11. The van der Waals surface area contributed by atoms with E-state index < -0.39 is 24.3 Å². The molecule has 0 saturated heterocycles. The van der Waals surface area contributed by atoms with Gasteiger partial charge in [0.2, 0.25) is 18.7 Å². The minimum atomic E-state index is -1.75. The Kier molecular flexibility index (Phi) is 5.28. The number of imidazole rings is 1. The van der Waals surface area contributed by atoms with Crippen LogP contribution in [0.1, 0.15) is 11.3 Å². The van der Waals surface area contributed by atoms with Crippen molar-refractivity contribution in [3.8, 4) is 5.69 Å². The molecule has 0 fully saturated rings. The maximum absolute atomic E-state index is 14.2. The third-order valence-electron chi connectivity index (χ3n) is 3.27. The number of halogens is 5. The van der Waals surface area contributed by atoms with Crippen LogP contribution >= 0.6 is 11.6 Å². The zero-order valence-corrected chi connectivity index (χ0v) is 13.4. The molecule has 0 aliphatic carbocycles. The molecule has 9 heteroatoms. The summed E-state index contributed by atoms with van der Waals surface area (Å²) < 4.78 is 49.4. The zero-order valence-electron chi connectivity index (χ0n) is 12.7. The van der Waals surface area contributed by atoms with Gasteiger partial charge in [0.05, 0.1) is 18.0 Å². The largest absolute Gasteiger partial charge is 0.269 e. The van der Waals surface area contributed by atoms with Crippen LogP contribution in [0.3, 0.4) is 0 Å². The highest BCUT2D eigenvalue weighted by molar-refractivity contribution is 6.31. The number of aryl methyl sites for hydroxylation is 2. The van der Waals surface area contributed by atoms with Gasteiger partial charge in [-0.3, -0.25) is 9.20 Å². The van der Waals surface area contributed by atoms with Crippen molar-refractivity contribution in [1.29, 1.82) is 0 Å². The summed E-state index contributed by atoms with van der Waals surface area (Å²) in [6, 6.07) is 3.35. The van der Waals surface area contributed by atoms with Gasteiger partial charge in [0, 0.05) is 10.7 Å². The SMILES string of the molecule is Cc1cc(-n2c(=O)cc(F)n3c(C)cnc23)c(F)cc1Cl.FCF. The summed E-state index contributed by atoms with van der Waals surface area (Å²) in [6.07, 6.45) is 1.41. The first-order valence-electron chi connectivity index (χ1n) is 6.65. The minimum absolute atomic E-state index is 0.0122. The average molecular weight is 362 g/mol. The van der Waals surface area contributed by atoms with Gasteiger partial charge in [-0.1, -0.05) is 11.6 Å². The Bertz CT molecular complexity index is 952. The standard InChI is InChI=1S/C14H10ClF2N3O.CH2F2/c1-7-3-11(10(16)4-9(7)15)20-13(21)5-12(17)19-8(2)6-18-14(19)20;2-1-3/h3-6H,1-2H3;1H2. The normalized spacial score (nSPS) is 10.6. The van der Waals surface area contributed by atoms with E-state index in [4.69, 9.17) is 11.6 Å². The Morgan fingerprint density at radius 2 is 1.79 bits per heavy atom. The Labute approximate surface area is 138 Å². The highest BCUT2D eigenvalue weighted by Crippen LogP contribution is 2.23. The third kappa shape index (κ3) is 3.14. The molecule has 3 rings (SSSR count). The minimum Gasteiger partial charge on any atom is -0.269 e. The summed E-state index contributed by atoms with van der Waals surface area (Å²) in [5, 5.41) is 0.252. The highest BCUT2D eigenvalue weighted by Gasteiger charge is 2.17. The predicted molar refractivity (Wildman–Crippen MR) is 82.3 cm³/mol. The molecule has 2 aromatic heterocycles. The molecule has 3 aromatic rings. The van der Waals surface area contributed by atoms with E-state index in [0.717, 1.165) is 21.1 Å². The van der Waals surface area contributed by atoms with Crippen LogP contribution < -0.4 is 5.56 Å². The number of alkyl halides is 2. The fraction of sp³-hybridized carbons (Fsp3) is 0.200. The van der Waals surface area contributed by atoms with E-state index in [2.05, 4.69) is 4.98 Å². The molecule has 1 aromatic carbocycles. The van der Waals surface area contributed by atoms with Crippen LogP contribution in [-0.4, -0.2) is 20.9 Å². The number of benzene rings is 1. The van der Waals surface area contributed by atoms with E-state index in [1.54, 1.807) is 13.8 Å². The molecule has 0 saturated carbocycles. The quantitative estimate of drug-likeness (QED) is 0.487. The fourth-order valence-corrected chi connectivity index (χ4v) is 2.37. The molecule has 0 amide bonds. The van der Waals surface area contributed by atoms with Crippen molar-refractivity contribution in [3.05, 3.63) is 62.8 Å². The van der Waals surface area contributed by atoms with E-state index in [9.17, 15) is 22.4 Å². The van der Waals surface area contributed by atoms with Crippen LogP contribution in [-0.2, 0) is 0 Å². The number of rotatable bonds is 1. The van der Waals surface area contributed by atoms with Crippen LogP contribution in [0.4, 0.5) is 17.6 Å². The number of aromatic nitrogens is 3. The number of nitrogens with zero attached hydrogens (tertiary/aromatic N) is 3. The second-order valence-corrected chi connectivity index (χ2v) is 5.24. The zero-order chi connectivity index (χ0) is 18.0. The van der Waals surface area contributed by atoms with Gasteiger partial charge in [0.1, 0.15) is 5.82 Å². The summed E-state index contributed by atoms with van der Waals surface area (Å²) in [5.41, 5.74) is 0.386. The molecule has 0 spiro atoms. The maximum atomic E-state index is 14.2. The Hall–Kier alpha value is -2.35. The maximum Gasteiger partial charge on any atom is 0.262 e. The van der Waals surface area contributed by atoms with E-state index in [1.807, 2.05) is 0 Å². The molecule has 0 N–H and O–H groups in total. The molecule has 0 aliphatic rings. The molecule has 0 bridgehead atoms. The second-order valence-electron chi connectivity index (χ2n) is 4.83.